The Hall–Kier alpha value is -3.23. The summed E-state index contributed by atoms with van der Waals surface area (Å²) in [5, 5.41) is 12.7. The van der Waals surface area contributed by atoms with Crippen molar-refractivity contribution in [3.63, 3.8) is 0 Å². The number of imide groups is 1. The lowest BCUT2D eigenvalue weighted by atomic mass is 10.1. The number of H-pyrrole nitrogens is 1. The Labute approximate surface area is 143 Å². The average molecular weight is 339 g/mol. The first-order valence-corrected chi connectivity index (χ1v) is 7.90. The van der Waals surface area contributed by atoms with Crippen LogP contribution in [-0.2, 0) is 24.9 Å². The molecule has 1 N–H and O–H groups in total. The van der Waals surface area contributed by atoms with E-state index in [-0.39, 0.29) is 31.6 Å². The molecule has 1 aliphatic heterocycles. The lowest BCUT2D eigenvalue weighted by molar-refractivity contribution is -0.125. The standard InChI is InChI=1S/C16H17N7O2/c1-10-6-12-11(4-3-5-13(12)17-10)7-23-15(24)9-22(16(23)25)8-14-18-20-21(2)19-14/h3-6,17H,7-9H2,1-2H3. The first kappa shape index (κ1) is 15.3. The third-order valence-electron chi connectivity index (χ3n) is 4.23. The molecule has 9 nitrogen and oxygen atoms in total. The molecule has 0 saturated carbocycles. The van der Waals surface area contributed by atoms with Crippen LogP contribution in [0.5, 0.6) is 0 Å². The van der Waals surface area contributed by atoms with E-state index in [2.05, 4.69) is 20.4 Å². The average Bonchev–Trinajstić information content (AvgIpc) is 3.22. The van der Waals surface area contributed by atoms with Crippen LogP contribution >= 0.6 is 0 Å². The quantitative estimate of drug-likeness (QED) is 0.714. The predicted octanol–water partition coefficient (Wildman–Crippen LogP) is 0.964. The highest BCUT2D eigenvalue weighted by Crippen LogP contribution is 2.23. The predicted molar refractivity (Wildman–Crippen MR) is 88.2 cm³/mol. The third-order valence-corrected chi connectivity index (χ3v) is 4.23. The Morgan fingerprint density at radius 3 is 2.84 bits per heavy atom. The number of hydrogen-bond acceptors (Lipinski definition) is 5. The SMILES string of the molecule is Cc1cc2c(CN3C(=O)CN(Cc4nnn(C)n4)C3=O)cccc2[nH]1. The topological polar surface area (TPSA) is 100 Å². The highest BCUT2D eigenvalue weighted by Gasteiger charge is 2.36. The van der Waals surface area contributed by atoms with E-state index >= 15 is 0 Å². The van der Waals surface area contributed by atoms with Crippen LogP contribution in [0.2, 0.25) is 0 Å². The van der Waals surface area contributed by atoms with Gasteiger partial charge in [-0.2, -0.15) is 4.80 Å². The maximum absolute atomic E-state index is 12.6. The summed E-state index contributed by atoms with van der Waals surface area (Å²) in [4.78, 5) is 32.2. The van der Waals surface area contributed by atoms with E-state index in [1.54, 1.807) is 7.05 Å². The maximum Gasteiger partial charge on any atom is 0.327 e. The minimum Gasteiger partial charge on any atom is -0.359 e. The number of urea groups is 1. The second-order valence-electron chi connectivity index (χ2n) is 6.14. The summed E-state index contributed by atoms with van der Waals surface area (Å²) in [5.74, 6) is 0.187. The molecule has 1 fully saturated rings. The molecule has 25 heavy (non-hydrogen) atoms. The van der Waals surface area contributed by atoms with Gasteiger partial charge in [0.25, 0.3) is 5.91 Å². The number of hydrogen-bond donors (Lipinski definition) is 1. The van der Waals surface area contributed by atoms with Gasteiger partial charge in [-0.1, -0.05) is 12.1 Å². The normalized spacial score (nSPS) is 15.0. The van der Waals surface area contributed by atoms with Crippen molar-refractivity contribution in [1.82, 2.24) is 35.0 Å². The Morgan fingerprint density at radius 2 is 2.08 bits per heavy atom. The lowest BCUT2D eigenvalue weighted by Crippen LogP contribution is -2.32. The van der Waals surface area contributed by atoms with Crippen molar-refractivity contribution in [2.24, 2.45) is 7.05 Å². The molecule has 0 atom stereocenters. The zero-order chi connectivity index (χ0) is 17.6. The van der Waals surface area contributed by atoms with E-state index < -0.39 is 0 Å². The van der Waals surface area contributed by atoms with Crippen molar-refractivity contribution in [3.05, 3.63) is 41.3 Å². The van der Waals surface area contributed by atoms with Crippen molar-refractivity contribution in [1.29, 1.82) is 0 Å². The molecule has 9 heteroatoms. The van der Waals surface area contributed by atoms with Gasteiger partial charge in [-0.05, 0) is 29.8 Å². The molecule has 0 aliphatic carbocycles. The number of carbonyl (C=O) groups is 2. The van der Waals surface area contributed by atoms with Gasteiger partial charge in [0.05, 0.1) is 20.1 Å². The van der Waals surface area contributed by atoms with Crippen LogP contribution in [0.1, 0.15) is 17.1 Å². The number of benzene rings is 1. The second-order valence-corrected chi connectivity index (χ2v) is 6.14. The van der Waals surface area contributed by atoms with Crippen molar-refractivity contribution >= 4 is 22.8 Å². The molecule has 3 aromatic rings. The summed E-state index contributed by atoms with van der Waals surface area (Å²) in [5.41, 5.74) is 2.97. The minimum absolute atomic E-state index is 0.0270. The van der Waals surface area contributed by atoms with E-state index in [9.17, 15) is 9.59 Å². The van der Waals surface area contributed by atoms with Crippen molar-refractivity contribution < 1.29 is 9.59 Å². The van der Waals surface area contributed by atoms with Crippen molar-refractivity contribution in [3.8, 4) is 0 Å². The Kier molecular flexibility index (Phi) is 3.48. The molecule has 1 saturated heterocycles. The van der Waals surface area contributed by atoms with Crippen LogP contribution in [0.15, 0.2) is 24.3 Å². The molecule has 1 aromatic carbocycles. The number of nitrogens with zero attached hydrogens (tertiary/aromatic N) is 6. The van der Waals surface area contributed by atoms with Gasteiger partial charge in [-0.15, -0.1) is 10.2 Å². The molecule has 0 unspecified atom stereocenters. The zero-order valence-electron chi connectivity index (χ0n) is 13.9. The van der Waals surface area contributed by atoms with Gasteiger partial charge >= 0.3 is 6.03 Å². The van der Waals surface area contributed by atoms with E-state index in [1.165, 1.54) is 14.6 Å². The first-order chi connectivity index (χ1) is 12.0. The fourth-order valence-electron chi connectivity index (χ4n) is 3.10. The van der Waals surface area contributed by atoms with Gasteiger partial charge in [-0.3, -0.25) is 9.69 Å². The van der Waals surface area contributed by atoms with Gasteiger partial charge in [0.2, 0.25) is 0 Å². The summed E-state index contributed by atoms with van der Waals surface area (Å²) < 4.78 is 0. The van der Waals surface area contributed by atoms with Gasteiger partial charge in [0, 0.05) is 16.6 Å². The fraction of sp³-hybridized carbons (Fsp3) is 0.312. The fourth-order valence-corrected chi connectivity index (χ4v) is 3.10. The number of aromatic amines is 1. The molecule has 4 rings (SSSR count). The number of aryl methyl sites for hydroxylation is 2. The summed E-state index contributed by atoms with van der Waals surface area (Å²) in [6.07, 6.45) is 0. The number of carbonyl (C=O) groups excluding carboxylic acids is 2. The van der Waals surface area contributed by atoms with E-state index in [0.717, 1.165) is 22.2 Å². The molecule has 0 radical (unpaired) electrons. The van der Waals surface area contributed by atoms with Crippen LogP contribution in [-0.4, -0.2) is 53.5 Å². The summed E-state index contributed by atoms with van der Waals surface area (Å²) in [6, 6.07) is 7.52. The number of nitrogens with one attached hydrogen (secondary N) is 1. The number of fused-ring (bicyclic) bond motifs is 1. The van der Waals surface area contributed by atoms with Crippen LogP contribution in [0.3, 0.4) is 0 Å². The number of aromatic nitrogens is 5. The molecule has 128 valence electrons. The molecule has 3 heterocycles. The van der Waals surface area contributed by atoms with Crippen LogP contribution in [0.25, 0.3) is 10.9 Å². The molecule has 3 amide bonds. The minimum atomic E-state index is -0.332. The van der Waals surface area contributed by atoms with Crippen molar-refractivity contribution in [2.45, 2.75) is 20.0 Å². The Morgan fingerprint density at radius 1 is 1.24 bits per heavy atom. The lowest BCUT2D eigenvalue weighted by Gasteiger charge is -2.16. The van der Waals surface area contributed by atoms with Crippen LogP contribution in [0, 0.1) is 6.92 Å². The Balaban J connectivity index is 1.56. The summed E-state index contributed by atoms with van der Waals surface area (Å²) in [7, 11) is 1.65. The highest BCUT2D eigenvalue weighted by atomic mass is 16.2. The summed E-state index contributed by atoms with van der Waals surface area (Å²) in [6.45, 7) is 2.42. The highest BCUT2D eigenvalue weighted by molar-refractivity contribution is 6.02. The van der Waals surface area contributed by atoms with Crippen LogP contribution < -0.4 is 0 Å². The number of rotatable bonds is 4. The van der Waals surface area contributed by atoms with Gasteiger partial charge in [0.15, 0.2) is 5.82 Å². The van der Waals surface area contributed by atoms with E-state index in [4.69, 9.17) is 0 Å². The summed E-state index contributed by atoms with van der Waals surface area (Å²) >= 11 is 0. The number of amides is 3. The monoisotopic (exact) mass is 339 g/mol. The van der Waals surface area contributed by atoms with Gasteiger partial charge in [-0.25, -0.2) is 4.79 Å². The van der Waals surface area contributed by atoms with E-state index in [0.29, 0.717) is 5.82 Å². The molecule has 0 bridgehead atoms. The molecule has 2 aromatic heterocycles. The first-order valence-electron chi connectivity index (χ1n) is 7.90. The zero-order valence-corrected chi connectivity index (χ0v) is 13.9. The van der Waals surface area contributed by atoms with Gasteiger partial charge < -0.3 is 9.88 Å². The molecular formula is C16H17N7O2. The van der Waals surface area contributed by atoms with E-state index in [1.807, 2.05) is 31.2 Å². The largest absolute Gasteiger partial charge is 0.359 e. The maximum atomic E-state index is 12.6. The Bertz CT molecular complexity index is 974. The molecular weight excluding hydrogens is 322 g/mol. The van der Waals surface area contributed by atoms with Gasteiger partial charge in [0.1, 0.15) is 6.54 Å². The van der Waals surface area contributed by atoms with Crippen molar-refractivity contribution in [2.75, 3.05) is 6.54 Å². The van der Waals surface area contributed by atoms with Crippen LogP contribution in [0.4, 0.5) is 4.79 Å². The smallest absolute Gasteiger partial charge is 0.327 e. The third kappa shape index (κ3) is 2.73. The molecule has 0 spiro atoms. The molecule has 1 aliphatic rings. The second kappa shape index (κ2) is 5.69. The number of tetrazole rings is 1.